The normalized spacial score (nSPS) is 20.6. The Morgan fingerprint density at radius 2 is 2.04 bits per heavy atom. The van der Waals surface area contributed by atoms with Gasteiger partial charge in [-0.15, -0.1) is 0 Å². The molecule has 2 aliphatic heterocycles. The topological polar surface area (TPSA) is 54.0 Å². The highest BCUT2D eigenvalue weighted by molar-refractivity contribution is 5.47. The van der Waals surface area contributed by atoms with Gasteiger partial charge in [0.25, 0.3) is 0 Å². The summed E-state index contributed by atoms with van der Waals surface area (Å²) < 4.78 is 11.6. The fraction of sp³-hybridized carbons (Fsp3) is 0.684. The molecule has 1 unspecified atom stereocenters. The fourth-order valence-electron chi connectivity index (χ4n) is 3.55. The molecule has 1 saturated heterocycles. The monoisotopic (exact) mass is 334 g/mol. The second kappa shape index (κ2) is 8.70. The van der Waals surface area contributed by atoms with Crippen LogP contribution in [0.1, 0.15) is 31.7 Å². The van der Waals surface area contributed by atoms with Crippen molar-refractivity contribution in [3.05, 3.63) is 23.8 Å². The van der Waals surface area contributed by atoms with Crippen molar-refractivity contribution in [3.8, 4) is 11.5 Å². The number of likely N-dealkylation sites (tertiary alicyclic amines) is 1. The summed E-state index contributed by atoms with van der Waals surface area (Å²) >= 11 is 0. The molecule has 24 heavy (non-hydrogen) atoms. The molecule has 0 aliphatic carbocycles. The van der Waals surface area contributed by atoms with Gasteiger partial charge in [0.15, 0.2) is 11.5 Å². The molecule has 3 rings (SSSR count). The Labute approximate surface area is 144 Å². The molecule has 0 saturated carbocycles. The molecule has 1 aromatic carbocycles. The van der Waals surface area contributed by atoms with Gasteiger partial charge in [0.1, 0.15) is 0 Å². The van der Waals surface area contributed by atoms with E-state index in [9.17, 15) is 5.11 Å². The second-order valence-electron chi connectivity index (χ2n) is 7.02. The van der Waals surface area contributed by atoms with Crippen molar-refractivity contribution < 1.29 is 14.6 Å². The van der Waals surface area contributed by atoms with Crippen molar-refractivity contribution in [3.63, 3.8) is 0 Å². The molecular weight excluding hydrogens is 304 g/mol. The van der Waals surface area contributed by atoms with Crippen molar-refractivity contribution in [2.24, 2.45) is 5.92 Å². The van der Waals surface area contributed by atoms with Crippen molar-refractivity contribution >= 4 is 0 Å². The van der Waals surface area contributed by atoms with Crippen molar-refractivity contribution in [2.75, 3.05) is 39.4 Å². The van der Waals surface area contributed by atoms with Crippen molar-refractivity contribution in [1.82, 2.24) is 10.2 Å². The van der Waals surface area contributed by atoms with Gasteiger partial charge in [-0.25, -0.2) is 0 Å². The van der Waals surface area contributed by atoms with Crippen molar-refractivity contribution in [2.45, 2.75) is 38.8 Å². The quantitative estimate of drug-likeness (QED) is 0.834. The second-order valence-corrected chi connectivity index (χ2v) is 7.02. The number of nitrogens with one attached hydrogen (secondary N) is 1. The molecule has 0 radical (unpaired) electrons. The summed E-state index contributed by atoms with van der Waals surface area (Å²) in [7, 11) is 0. The molecular formula is C19H30N2O3. The van der Waals surface area contributed by atoms with Crippen LogP contribution in [-0.2, 0) is 6.54 Å². The minimum atomic E-state index is -0.227. The summed E-state index contributed by atoms with van der Waals surface area (Å²) in [5.41, 5.74) is 1.18. The molecule has 0 bridgehead atoms. The molecule has 2 heterocycles. The Hall–Kier alpha value is -1.30. The molecule has 0 aromatic heterocycles. The maximum atomic E-state index is 9.48. The average molecular weight is 334 g/mol. The van der Waals surface area contributed by atoms with E-state index >= 15 is 0 Å². The van der Waals surface area contributed by atoms with Gasteiger partial charge in [-0.3, -0.25) is 0 Å². The number of benzene rings is 1. The Morgan fingerprint density at radius 1 is 1.25 bits per heavy atom. The van der Waals surface area contributed by atoms with E-state index in [0.29, 0.717) is 0 Å². The lowest BCUT2D eigenvalue weighted by atomic mass is 9.96. The van der Waals surface area contributed by atoms with Gasteiger partial charge >= 0.3 is 0 Å². The molecule has 0 amide bonds. The summed E-state index contributed by atoms with van der Waals surface area (Å²) in [6, 6.07) is 6.15. The number of rotatable bonds is 6. The van der Waals surface area contributed by atoms with Crippen LogP contribution in [-0.4, -0.2) is 55.5 Å². The first-order valence-electron chi connectivity index (χ1n) is 9.21. The van der Waals surface area contributed by atoms with Crippen LogP contribution in [0.15, 0.2) is 18.2 Å². The highest BCUT2D eigenvalue weighted by Gasteiger charge is 2.20. The first-order valence-corrected chi connectivity index (χ1v) is 9.21. The highest BCUT2D eigenvalue weighted by Crippen LogP contribution is 2.33. The third-order valence-electron chi connectivity index (χ3n) is 4.83. The lowest BCUT2D eigenvalue weighted by molar-refractivity contribution is 0.0998. The largest absolute Gasteiger partial charge is 0.490 e. The van der Waals surface area contributed by atoms with E-state index in [1.54, 1.807) is 0 Å². The number of aliphatic hydroxyl groups excluding tert-OH is 1. The SMILES string of the molecule is CC(O)CN1CCC(CNCc2cccc3c2OCCCO3)CC1. The predicted octanol–water partition coefficient (Wildman–Crippen LogP) is 2.03. The Balaban J connectivity index is 1.44. The standard InChI is InChI=1S/C19H30N2O3/c1-15(22)14-21-8-6-16(7-9-21)12-20-13-17-4-2-5-18-19(17)24-11-3-10-23-18/h2,4-5,15-16,20,22H,3,6-14H2,1H3. The summed E-state index contributed by atoms with van der Waals surface area (Å²) in [6.45, 7) is 8.16. The van der Waals surface area contributed by atoms with E-state index in [1.807, 2.05) is 19.1 Å². The van der Waals surface area contributed by atoms with Gasteiger partial charge in [-0.05, 0) is 51.4 Å². The van der Waals surface area contributed by atoms with E-state index < -0.39 is 0 Å². The molecule has 1 fully saturated rings. The predicted molar refractivity (Wildman–Crippen MR) is 94.6 cm³/mol. The highest BCUT2D eigenvalue weighted by atomic mass is 16.5. The Morgan fingerprint density at radius 3 is 2.83 bits per heavy atom. The van der Waals surface area contributed by atoms with E-state index in [0.717, 1.165) is 69.8 Å². The van der Waals surface area contributed by atoms with Gasteiger partial charge in [0, 0.05) is 25.1 Å². The summed E-state index contributed by atoms with van der Waals surface area (Å²) in [5.74, 6) is 2.50. The van der Waals surface area contributed by atoms with Crippen LogP contribution >= 0.6 is 0 Å². The van der Waals surface area contributed by atoms with Gasteiger partial charge < -0.3 is 24.8 Å². The van der Waals surface area contributed by atoms with Crippen LogP contribution in [0.5, 0.6) is 11.5 Å². The smallest absolute Gasteiger partial charge is 0.165 e. The van der Waals surface area contributed by atoms with E-state index in [2.05, 4.69) is 16.3 Å². The van der Waals surface area contributed by atoms with Crippen LogP contribution in [0.4, 0.5) is 0 Å². The minimum Gasteiger partial charge on any atom is -0.490 e. The molecule has 134 valence electrons. The minimum absolute atomic E-state index is 0.227. The van der Waals surface area contributed by atoms with Gasteiger partial charge in [-0.1, -0.05) is 12.1 Å². The first-order chi connectivity index (χ1) is 11.7. The molecule has 5 nitrogen and oxygen atoms in total. The lowest BCUT2D eigenvalue weighted by Gasteiger charge is -2.32. The van der Waals surface area contributed by atoms with Crippen LogP contribution in [0.2, 0.25) is 0 Å². The Bertz CT molecular complexity index is 513. The van der Waals surface area contributed by atoms with Crippen LogP contribution in [0, 0.1) is 5.92 Å². The number of piperidine rings is 1. The average Bonchev–Trinajstić information content (AvgIpc) is 2.82. The van der Waals surface area contributed by atoms with E-state index in [4.69, 9.17) is 9.47 Å². The number of para-hydroxylation sites is 1. The molecule has 0 spiro atoms. The van der Waals surface area contributed by atoms with Crippen LogP contribution < -0.4 is 14.8 Å². The zero-order chi connectivity index (χ0) is 16.8. The number of hydrogen-bond donors (Lipinski definition) is 2. The zero-order valence-corrected chi connectivity index (χ0v) is 14.7. The third kappa shape index (κ3) is 4.85. The van der Waals surface area contributed by atoms with E-state index in [-0.39, 0.29) is 6.10 Å². The molecule has 2 aliphatic rings. The summed E-state index contributed by atoms with van der Waals surface area (Å²) in [6.07, 6.45) is 3.11. The number of ether oxygens (including phenoxy) is 2. The summed E-state index contributed by atoms with van der Waals surface area (Å²) in [5, 5.41) is 13.1. The lowest BCUT2D eigenvalue weighted by Crippen LogP contribution is -2.40. The summed E-state index contributed by atoms with van der Waals surface area (Å²) in [4.78, 5) is 2.36. The number of fused-ring (bicyclic) bond motifs is 1. The number of aliphatic hydroxyl groups is 1. The molecule has 1 aromatic rings. The van der Waals surface area contributed by atoms with Gasteiger partial charge in [0.05, 0.1) is 19.3 Å². The maximum absolute atomic E-state index is 9.48. The first kappa shape index (κ1) is 17.5. The number of hydrogen-bond acceptors (Lipinski definition) is 5. The molecule has 5 heteroatoms. The maximum Gasteiger partial charge on any atom is 0.165 e. The van der Waals surface area contributed by atoms with Crippen LogP contribution in [0.3, 0.4) is 0 Å². The van der Waals surface area contributed by atoms with Gasteiger partial charge in [0.2, 0.25) is 0 Å². The third-order valence-corrected chi connectivity index (χ3v) is 4.83. The van der Waals surface area contributed by atoms with Crippen LogP contribution in [0.25, 0.3) is 0 Å². The molecule has 1 atom stereocenters. The van der Waals surface area contributed by atoms with Gasteiger partial charge in [-0.2, -0.15) is 0 Å². The van der Waals surface area contributed by atoms with Crippen molar-refractivity contribution in [1.29, 1.82) is 0 Å². The molecule has 2 N–H and O–H groups in total. The zero-order valence-electron chi connectivity index (χ0n) is 14.7. The number of nitrogens with zero attached hydrogens (tertiary/aromatic N) is 1. The Kier molecular flexibility index (Phi) is 6.35. The number of β-amino-alcohol motifs (C(OH)–C–C–N with tert-alkyl or cyclic N) is 1. The fourth-order valence-corrected chi connectivity index (χ4v) is 3.55. The van der Waals surface area contributed by atoms with E-state index in [1.165, 1.54) is 18.4 Å².